The maximum absolute atomic E-state index is 13.0. The molecule has 2 N–H and O–H groups in total. The standard InChI is InChI=1S/C28H29N3O2/c32-27(30-25-13-7-11-20-8-1-3-12-24(20)25)22-15-17-23(18-16-22)29-28(33)31-19-6-5-10-21-9-2-4-14-26(21)31/h1-4,8-9,12,14-18,25H,5-7,10-11,13,19H2,(H,29,33)(H,30,32)/t25-/m1/s1. The van der Waals surface area contributed by atoms with Crippen LogP contribution in [0.4, 0.5) is 16.2 Å². The second-order valence-corrected chi connectivity index (χ2v) is 8.86. The van der Waals surface area contributed by atoms with Crippen LogP contribution in [0.2, 0.25) is 0 Å². The molecule has 0 fully saturated rings. The Labute approximate surface area is 194 Å². The maximum Gasteiger partial charge on any atom is 0.326 e. The van der Waals surface area contributed by atoms with Crippen molar-refractivity contribution in [3.8, 4) is 0 Å². The lowest BCUT2D eigenvalue weighted by atomic mass is 9.87. The largest absolute Gasteiger partial charge is 0.345 e. The van der Waals surface area contributed by atoms with Crippen LogP contribution in [0.15, 0.2) is 72.8 Å². The van der Waals surface area contributed by atoms with Crippen LogP contribution in [-0.2, 0) is 12.8 Å². The van der Waals surface area contributed by atoms with Gasteiger partial charge >= 0.3 is 6.03 Å². The highest BCUT2D eigenvalue weighted by Gasteiger charge is 2.23. The summed E-state index contributed by atoms with van der Waals surface area (Å²) >= 11 is 0. The Balaban J connectivity index is 1.25. The highest BCUT2D eigenvalue weighted by molar-refractivity contribution is 6.02. The van der Waals surface area contributed by atoms with Crippen LogP contribution in [0.3, 0.4) is 0 Å². The van der Waals surface area contributed by atoms with Crippen molar-refractivity contribution in [2.75, 3.05) is 16.8 Å². The molecule has 1 aliphatic carbocycles. The van der Waals surface area contributed by atoms with Crippen LogP contribution < -0.4 is 15.5 Å². The first-order chi connectivity index (χ1) is 16.2. The molecule has 168 valence electrons. The molecule has 0 spiro atoms. The predicted molar refractivity (Wildman–Crippen MR) is 132 cm³/mol. The van der Waals surface area contributed by atoms with E-state index in [1.54, 1.807) is 24.3 Å². The molecule has 0 bridgehead atoms. The van der Waals surface area contributed by atoms with Crippen LogP contribution in [0, 0.1) is 0 Å². The molecule has 0 saturated heterocycles. The molecule has 3 aromatic rings. The van der Waals surface area contributed by atoms with Gasteiger partial charge < -0.3 is 10.6 Å². The lowest BCUT2D eigenvalue weighted by Gasteiger charge is -2.26. The Morgan fingerprint density at radius 2 is 1.52 bits per heavy atom. The van der Waals surface area contributed by atoms with E-state index in [-0.39, 0.29) is 18.0 Å². The number of anilines is 2. The SMILES string of the molecule is O=C(N[C@@H]1CCCc2ccccc21)c1ccc(NC(=O)N2CCCCc3ccccc32)cc1. The normalized spacial score (nSPS) is 17.3. The minimum absolute atomic E-state index is 0.0462. The quantitative estimate of drug-likeness (QED) is 0.536. The Morgan fingerprint density at radius 1 is 0.788 bits per heavy atom. The summed E-state index contributed by atoms with van der Waals surface area (Å²) in [5.41, 5.74) is 6.01. The molecule has 0 saturated carbocycles. The fourth-order valence-corrected chi connectivity index (χ4v) is 4.94. The zero-order valence-corrected chi connectivity index (χ0v) is 18.7. The number of hydrogen-bond acceptors (Lipinski definition) is 2. The van der Waals surface area contributed by atoms with Gasteiger partial charge in [-0.15, -0.1) is 0 Å². The fourth-order valence-electron chi connectivity index (χ4n) is 4.94. The molecule has 1 heterocycles. The average molecular weight is 440 g/mol. The van der Waals surface area contributed by atoms with Gasteiger partial charge in [0.1, 0.15) is 0 Å². The van der Waals surface area contributed by atoms with Gasteiger partial charge in [0.15, 0.2) is 0 Å². The van der Waals surface area contributed by atoms with E-state index in [2.05, 4.69) is 34.9 Å². The van der Waals surface area contributed by atoms with Gasteiger partial charge in [-0.25, -0.2) is 4.79 Å². The van der Waals surface area contributed by atoms with Gasteiger partial charge in [0.25, 0.3) is 5.91 Å². The summed E-state index contributed by atoms with van der Waals surface area (Å²) in [6, 6.07) is 23.5. The van der Waals surface area contributed by atoms with Crippen molar-refractivity contribution in [3.05, 3.63) is 95.1 Å². The summed E-state index contributed by atoms with van der Waals surface area (Å²) in [6.45, 7) is 0.701. The Kier molecular flexibility index (Phi) is 6.11. The number of carbonyl (C=O) groups is 2. The second-order valence-electron chi connectivity index (χ2n) is 8.86. The van der Waals surface area contributed by atoms with Crippen LogP contribution >= 0.6 is 0 Å². The number of urea groups is 1. The lowest BCUT2D eigenvalue weighted by Crippen LogP contribution is -2.35. The number of benzene rings is 3. The zero-order valence-electron chi connectivity index (χ0n) is 18.7. The van der Waals surface area contributed by atoms with E-state index in [0.717, 1.165) is 44.2 Å². The monoisotopic (exact) mass is 439 g/mol. The number of amides is 3. The molecule has 33 heavy (non-hydrogen) atoms. The van der Waals surface area contributed by atoms with Gasteiger partial charge in [-0.3, -0.25) is 9.69 Å². The first-order valence-electron chi connectivity index (χ1n) is 11.8. The summed E-state index contributed by atoms with van der Waals surface area (Å²) in [4.78, 5) is 27.7. The molecule has 1 aliphatic heterocycles. The van der Waals surface area contributed by atoms with Crippen molar-refractivity contribution in [2.24, 2.45) is 0 Å². The summed E-state index contributed by atoms with van der Waals surface area (Å²) in [6.07, 6.45) is 6.15. The minimum Gasteiger partial charge on any atom is -0.345 e. The molecule has 0 unspecified atom stereocenters. The van der Waals surface area contributed by atoms with Crippen LogP contribution in [0.1, 0.15) is 58.8 Å². The van der Waals surface area contributed by atoms with Crippen molar-refractivity contribution in [1.82, 2.24) is 5.32 Å². The third kappa shape index (κ3) is 4.63. The van der Waals surface area contributed by atoms with Gasteiger partial charge in [0.2, 0.25) is 0 Å². The molecule has 5 nitrogen and oxygen atoms in total. The number of para-hydroxylation sites is 1. The third-order valence-electron chi connectivity index (χ3n) is 6.68. The molecule has 3 amide bonds. The summed E-state index contributed by atoms with van der Waals surface area (Å²) in [7, 11) is 0. The third-order valence-corrected chi connectivity index (χ3v) is 6.68. The number of hydrogen-bond donors (Lipinski definition) is 2. The number of nitrogens with zero attached hydrogens (tertiary/aromatic N) is 1. The topological polar surface area (TPSA) is 61.4 Å². The molecular weight excluding hydrogens is 410 g/mol. The lowest BCUT2D eigenvalue weighted by molar-refractivity contribution is 0.0932. The number of nitrogens with one attached hydrogen (secondary N) is 2. The molecule has 0 radical (unpaired) electrons. The van der Waals surface area contributed by atoms with Crippen molar-refractivity contribution >= 4 is 23.3 Å². The highest BCUT2D eigenvalue weighted by atomic mass is 16.2. The fraction of sp³-hybridized carbons (Fsp3) is 0.286. The van der Waals surface area contributed by atoms with Crippen molar-refractivity contribution in [2.45, 2.75) is 44.6 Å². The maximum atomic E-state index is 13.0. The summed E-state index contributed by atoms with van der Waals surface area (Å²) in [5, 5.41) is 6.18. The number of carbonyl (C=O) groups excluding carboxylic acids is 2. The van der Waals surface area contributed by atoms with Gasteiger partial charge in [-0.2, -0.15) is 0 Å². The molecule has 0 aromatic heterocycles. The average Bonchev–Trinajstić information content (AvgIpc) is 3.07. The van der Waals surface area contributed by atoms with Gasteiger partial charge in [-0.1, -0.05) is 42.5 Å². The first kappa shape index (κ1) is 21.3. The minimum atomic E-state index is -0.139. The van der Waals surface area contributed by atoms with E-state index in [9.17, 15) is 9.59 Å². The van der Waals surface area contributed by atoms with E-state index in [4.69, 9.17) is 0 Å². The van der Waals surface area contributed by atoms with Crippen LogP contribution in [-0.4, -0.2) is 18.5 Å². The predicted octanol–water partition coefficient (Wildman–Crippen LogP) is 5.87. The molecule has 1 atom stereocenters. The molecule has 3 aromatic carbocycles. The molecular formula is C28H29N3O2. The second kappa shape index (κ2) is 9.49. The van der Waals surface area contributed by atoms with E-state index in [0.29, 0.717) is 17.8 Å². The Hall–Kier alpha value is -3.60. The van der Waals surface area contributed by atoms with Crippen molar-refractivity contribution in [1.29, 1.82) is 0 Å². The van der Waals surface area contributed by atoms with Crippen molar-refractivity contribution in [3.63, 3.8) is 0 Å². The van der Waals surface area contributed by atoms with E-state index in [1.165, 1.54) is 16.7 Å². The van der Waals surface area contributed by atoms with E-state index < -0.39 is 0 Å². The van der Waals surface area contributed by atoms with E-state index in [1.807, 2.05) is 29.2 Å². The van der Waals surface area contributed by atoms with Crippen LogP contribution in [0.25, 0.3) is 0 Å². The Morgan fingerprint density at radius 3 is 2.36 bits per heavy atom. The molecule has 5 rings (SSSR count). The number of rotatable bonds is 3. The van der Waals surface area contributed by atoms with Gasteiger partial charge in [0.05, 0.1) is 6.04 Å². The summed E-state index contributed by atoms with van der Waals surface area (Å²) < 4.78 is 0. The van der Waals surface area contributed by atoms with Crippen molar-refractivity contribution < 1.29 is 9.59 Å². The smallest absolute Gasteiger partial charge is 0.326 e. The molecule has 5 heteroatoms. The number of aryl methyl sites for hydroxylation is 2. The highest BCUT2D eigenvalue weighted by Crippen LogP contribution is 2.30. The molecule has 2 aliphatic rings. The van der Waals surface area contributed by atoms with Crippen LogP contribution in [0.5, 0.6) is 0 Å². The number of fused-ring (bicyclic) bond motifs is 2. The summed E-state index contributed by atoms with van der Waals surface area (Å²) in [5.74, 6) is -0.0870. The zero-order chi connectivity index (χ0) is 22.6. The van der Waals surface area contributed by atoms with Gasteiger partial charge in [0, 0.05) is 23.5 Å². The Bertz CT molecular complexity index is 1160. The van der Waals surface area contributed by atoms with E-state index >= 15 is 0 Å². The van der Waals surface area contributed by atoms with Gasteiger partial charge in [-0.05, 0) is 85.5 Å². The first-order valence-corrected chi connectivity index (χ1v) is 11.8.